The number of nitrogens with zero attached hydrogens (tertiary/aromatic N) is 1. The number of amides is 2. The number of anilines is 1. The first-order valence-corrected chi connectivity index (χ1v) is 9.42. The van der Waals surface area contributed by atoms with E-state index in [0.717, 1.165) is 17.1 Å². The molecule has 0 spiro atoms. The summed E-state index contributed by atoms with van der Waals surface area (Å²) in [5.74, 6) is 0.318. The van der Waals surface area contributed by atoms with Crippen molar-refractivity contribution < 1.29 is 9.59 Å². The molecule has 1 aliphatic heterocycles. The Bertz CT molecular complexity index is 761. The Morgan fingerprint density at radius 2 is 1.78 bits per heavy atom. The highest BCUT2D eigenvalue weighted by Crippen LogP contribution is 2.39. The van der Waals surface area contributed by atoms with Crippen molar-refractivity contribution >= 4 is 46.2 Å². The maximum absolute atomic E-state index is 12.9. The molecule has 0 bridgehead atoms. The van der Waals surface area contributed by atoms with Crippen LogP contribution in [0.25, 0.3) is 5.57 Å². The summed E-state index contributed by atoms with van der Waals surface area (Å²) in [6.07, 6.45) is 0.928. The van der Waals surface area contributed by atoms with Crippen molar-refractivity contribution in [2.45, 2.75) is 20.3 Å². The summed E-state index contributed by atoms with van der Waals surface area (Å²) < 4.78 is 0. The van der Waals surface area contributed by atoms with Gasteiger partial charge in [0.25, 0.3) is 11.8 Å². The number of carbonyl (C=O) groups excluding carboxylic acids is 2. The minimum absolute atomic E-state index is 0.213. The van der Waals surface area contributed by atoms with Crippen LogP contribution < -0.4 is 4.90 Å². The SMILES string of the molecule is CCSC1=C(c2cccs2)C(=O)N(c2ccc(CC)cc2)C1=O. The molecule has 0 saturated heterocycles. The second-order valence-corrected chi connectivity index (χ2v) is 7.30. The summed E-state index contributed by atoms with van der Waals surface area (Å²) >= 11 is 2.93. The van der Waals surface area contributed by atoms with Gasteiger partial charge in [-0.25, -0.2) is 4.90 Å². The maximum atomic E-state index is 12.9. The normalized spacial score (nSPS) is 15.0. The van der Waals surface area contributed by atoms with Gasteiger partial charge in [0.15, 0.2) is 0 Å². The van der Waals surface area contributed by atoms with Crippen molar-refractivity contribution in [1.82, 2.24) is 0 Å². The average Bonchev–Trinajstić information content (AvgIpc) is 3.16. The molecule has 2 aromatic rings. The monoisotopic (exact) mass is 343 g/mol. The lowest BCUT2D eigenvalue weighted by atomic mass is 10.1. The second-order valence-electron chi connectivity index (χ2n) is 5.08. The summed E-state index contributed by atoms with van der Waals surface area (Å²) in [5, 5.41) is 1.92. The highest BCUT2D eigenvalue weighted by Gasteiger charge is 2.40. The van der Waals surface area contributed by atoms with E-state index in [2.05, 4.69) is 6.92 Å². The molecule has 0 unspecified atom stereocenters. The van der Waals surface area contributed by atoms with Gasteiger partial charge < -0.3 is 0 Å². The molecule has 5 heteroatoms. The van der Waals surface area contributed by atoms with Crippen molar-refractivity contribution in [1.29, 1.82) is 0 Å². The predicted octanol–water partition coefficient (Wildman–Crippen LogP) is 4.35. The maximum Gasteiger partial charge on any atom is 0.272 e. The van der Waals surface area contributed by atoms with E-state index in [0.29, 0.717) is 16.2 Å². The summed E-state index contributed by atoms with van der Waals surface area (Å²) in [7, 11) is 0. The van der Waals surface area contributed by atoms with Crippen molar-refractivity contribution in [3.8, 4) is 0 Å². The lowest BCUT2D eigenvalue weighted by Gasteiger charge is -2.15. The van der Waals surface area contributed by atoms with Gasteiger partial charge in [0.05, 0.1) is 16.2 Å². The molecule has 0 fully saturated rings. The van der Waals surface area contributed by atoms with Crippen LogP contribution in [0.3, 0.4) is 0 Å². The molecule has 1 aliphatic rings. The lowest BCUT2D eigenvalue weighted by Crippen LogP contribution is -2.31. The first kappa shape index (κ1) is 16.0. The predicted molar refractivity (Wildman–Crippen MR) is 97.7 cm³/mol. The van der Waals surface area contributed by atoms with E-state index in [1.807, 2.05) is 48.7 Å². The van der Waals surface area contributed by atoms with Crippen LogP contribution in [0.5, 0.6) is 0 Å². The number of hydrogen-bond acceptors (Lipinski definition) is 4. The summed E-state index contributed by atoms with van der Waals surface area (Å²) in [6, 6.07) is 11.4. The average molecular weight is 343 g/mol. The van der Waals surface area contributed by atoms with Crippen LogP contribution in [0.1, 0.15) is 24.3 Å². The van der Waals surface area contributed by atoms with Crippen LogP contribution >= 0.6 is 23.1 Å². The van der Waals surface area contributed by atoms with E-state index < -0.39 is 0 Å². The Hall–Kier alpha value is -1.85. The Balaban J connectivity index is 2.02. The number of thiophene rings is 1. The minimum Gasteiger partial charge on any atom is -0.268 e. The summed E-state index contributed by atoms with van der Waals surface area (Å²) in [6.45, 7) is 4.06. The van der Waals surface area contributed by atoms with E-state index in [4.69, 9.17) is 0 Å². The van der Waals surface area contributed by atoms with Gasteiger partial charge in [-0.1, -0.05) is 32.0 Å². The van der Waals surface area contributed by atoms with Crippen LogP contribution in [-0.2, 0) is 16.0 Å². The van der Waals surface area contributed by atoms with Crippen LogP contribution in [0.2, 0.25) is 0 Å². The molecule has 0 atom stereocenters. The number of aryl methyl sites for hydroxylation is 1. The molecule has 3 rings (SSSR count). The fraction of sp³-hybridized carbons (Fsp3) is 0.222. The van der Waals surface area contributed by atoms with E-state index in [9.17, 15) is 9.59 Å². The molecule has 2 amide bonds. The zero-order valence-electron chi connectivity index (χ0n) is 13.0. The molecule has 118 valence electrons. The molecule has 0 N–H and O–H groups in total. The van der Waals surface area contributed by atoms with Gasteiger partial charge in [0.2, 0.25) is 0 Å². The van der Waals surface area contributed by atoms with Crippen molar-refractivity contribution in [2.24, 2.45) is 0 Å². The Morgan fingerprint density at radius 3 is 2.35 bits per heavy atom. The molecule has 2 heterocycles. The molecular formula is C18H17NO2S2. The van der Waals surface area contributed by atoms with Gasteiger partial charge >= 0.3 is 0 Å². The van der Waals surface area contributed by atoms with Crippen LogP contribution in [0.4, 0.5) is 5.69 Å². The van der Waals surface area contributed by atoms with E-state index >= 15 is 0 Å². The standard InChI is InChI=1S/C18H17NO2S2/c1-3-12-7-9-13(10-8-12)19-17(20)15(14-6-5-11-23-14)16(18(19)21)22-4-2/h5-11H,3-4H2,1-2H3. The smallest absolute Gasteiger partial charge is 0.268 e. The quantitative estimate of drug-likeness (QED) is 0.758. The van der Waals surface area contributed by atoms with Gasteiger partial charge in [-0.15, -0.1) is 23.1 Å². The van der Waals surface area contributed by atoms with Gasteiger partial charge in [-0.2, -0.15) is 0 Å². The fourth-order valence-corrected chi connectivity index (χ4v) is 4.22. The van der Waals surface area contributed by atoms with Crippen molar-refractivity contribution in [3.05, 3.63) is 57.1 Å². The number of thioether (sulfide) groups is 1. The molecular weight excluding hydrogens is 326 g/mol. The van der Waals surface area contributed by atoms with Crippen LogP contribution in [-0.4, -0.2) is 17.6 Å². The number of carbonyl (C=O) groups is 2. The number of hydrogen-bond donors (Lipinski definition) is 0. The Labute approximate surface area is 144 Å². The molecule has 0 radical (unpaired) electrons. The van der Waals surface area contributed by atoms with Crippen LogP contribution in [0, 0.1) is 0 Å². The second kappa shape index (κ2) is 6.72. The van der Waals surface area contributed by atoms with Crippen molar-refractivity contribution in [3.63, 3.8) is 0 Å². The summed E-state index contributed by atoms with van der Waals surface area (Å²) in [4.78, 5) is 28.4. The molecule has 1 aromatic carbocycles. The topological polar surface area (TPSA) is 37.4 Å². The zero-order valence-corrected chi connectivity index (χ0v) is 14.7. The molecule has 23 heavy (non-hydrogen) atoms. The lowest BCUT2D eigenvalue weighted by molar-refractivity contribution is -0.119. The summed E-state index contributed by atoms with van der Waals surface area (Å²) in [5.41, 5.74) is 2.36. The molecule has 1 aromatic heterocycles. The molecule has 3 nitrogen and oxygen atoms in total. The Morgan fingerprint density at radius 1 is 1.04 bits per heavy atom. The molecule has 0 aliphatic carbocycles. The minimum atomic E-state index is -0.224. The highest BCUT2D eigenvalue weighted by molar-refractivity contribution is 8.04. The fourth-order valence-electron chi connectivity index (χ4n) is 2.54. The van der Waals surface area contributed by atoms with Gasteiger partial charge in [-0.05, 0) is 41.3 Å². The molecule has 0 saturated carbocycles. The Kier molecular flexibility index (Phi) is 4.68. The van der Waals surface area contributed by atoms with Gasteiger partial charge in [-0.3, -0.25) is 9.59 Å². The third kappa shape index (κ3) is 2.86. The van der Waals surface area contributed by atoms with Crippen molar-refractivity contribution in [2.75, 3.05) is 10.7 Å². The number of rotatable bonds is 5. The van der Waals surface area contributed by atoms with Gasteiger partial charge in [0.1, 0.15) is 0 Å². The van der Waals surface area contributed by atoms with Crippen LogP contribution in [0.15, 0.2) is 46.7 Å². The zero-order chi connectivity index (χ0) is 16.4. The van der Waals surface area contributed by atoms with E-state index in [1.165, 1.54) is 33.6 Å². The first-order chi connectivity index (χ1) is 11.2. The number of benzene rings is 1. The third-order valence-corrected chi connectivity index (χ3v) is 5.54. The number of imide groups is 1. The highest BCUT2D eigenvalue weighted by atomic mass is 32.2. The third-order valence-electron chi connectivity index (χ3n) is 3.70. The first-order valence-electron chi connectivity index (χ1n) is 7.56. The van der Waals surface area contributed by atoms with E-state index in [-0.39, 0.29) is 11.8 Å². The van der Waals surface area contributed by atoms with Gasteiger partial charge in [0, 0.05) is 4.88 Å². The van der Waals surface area contributed by atoms with E-state index in [1.54, 1.807) is 0 Å². The largest absolute Gasteiger partial charge is 0.272 e.